The summed E-state index contributed by atoms with van der Waals surface area (Å²) in [6.07, 6.45) is -0.533. The summed E-state index contributed by atoms with van der Waals surface area (Å²) >= 11 is 1.61. The summed E-state index contributed by atoms with van der Waals surface area (Å²) in [7, 11) is 0. The van der Waals surface area contributed by atoms with Crippen molar-refractivity contribution >= 4 is 17.3 Å². The third-order valence-corrected chi connectivity index (χ3v) is 7.11. The molecule has 0 aliphatic rings. The maximum atomic E-state index is 11.3. The SMILES string of the molecule is CCOC(Cc1ccc(OCc2sc(-c3ccc(-c4cc(C(C)(C)C)on4)cc3)nc2C)cc1)C(=O)O. The maximum absolute atomic E-state index is 11.3. The molecule has 0 amide bonds. The molecule has 2 aromatic heterocycles. The molecule has 0 aliphatic heterocycles. The number of rotatable bonds is 10. The van der Waals surface area contributed by atoms with Gasteiger partial charge in [0.1, 0.15) is 28.8 Å². The molecule has 194 valence electrons. The van der Waals surface area contributed by atoms with E-state index in [0.29, 0.717) is 25.4 Å². The molecule has 2 heterocycles. The Bertz CT molecular complexity index is 1330. The van der Waals surface area contributed by atoms with Crippen molar-refractivity contribution in [2.75, 3.05) is 6.61 Å². The Morgan fingerprint density at radius 1 is 1.08 bits per heavy atom. The van der Waals surface area contributed by atoms with Gasteiger partial charge in [0, 0.05) is 35.6 Å². The molecule has 4 aromatic rings. The van der Waals surface area contributed by atoms with E-state index < -0.39 is 12.1 Å². The van der Waals surface area contributed by atoms with Gasteiger partial charge in [0.05, 0.1) is 10.6 Å². The van der Waals surface area contributed by atoms with E-state index in [0.717, 1.165) is 43.7 Å². The summed E-state index contributed by atoms with van der Waals surface area (Å²) < 4.78 is 16.8. The van der Waals surface area contributed by atoms with Gasteiger partial charge in [-0.15, -0.1) is 11.3 Å². The van der Waals surface area contributed by atoms with Gasteiger partial charge >= 0.3 is 5.97 Å². The molecule has 0 radical (unpaired) electrons. The van der Waals surface area contributed by atoms with E-state index in [9.17, 15) is 9.90 Å². The average molecular weight is 521 g/mol. The van der Waals surface area contributed by atoms with E-state index in [4.69, 9.17) is 19.0 Å². The first-order valence-electron chi connectivity index (χ1n) is 12.2. The monoisotopic (exact) mass is 520 g/mol. The Morgan fingerprint density at radius 2 is 1.76 bits per heavy atom. The van der Waals surface area contributed by atoms with Crippen LogP contribution in [0.2, 0.25) is 0 Å². The van der Waals surface area contributed by atoms with Gasteiger partial charge in [-0.3, -0.25) is 0 Å². The van der Waals surface area contributed by atoms with Gasteiger partial charge in [-0.2, -0.15) is 0 Å². The number of hydrogen-bond donors (Lipinski definition) is 1. The summed E-state index contributed by atoms with van der Waals surface area (Å²) in [4.78, 5) is 17.1. The molecular formula is C29H32N2O5S. The van der Waals surface area contributed by atoms with Gasteiger partial charge < -0.3 is 19.1 Å². The van der Waals surface area contributed by atoms with Gasteiger partial charge in [0.2, 0.25) is 0 Å². The molecule has 37 heavy (non-hydrogen) atoms. The lowest BCUT2D eigenvalue weighted by atomic mass is 9.93. The summed E-state index contributed by atoms with van der Waals surface area (Å²) in [6, 6.07) is 17.6. The molecule has 2 aromatic carbocycles. The number of nitrogens with zero attached hydrogens (tertiary/aromatic N) is 2. The quantitative estimate of drug-likeness (QED) is 0.249. The van der Waals surface area contributed by atoms with Crippen LogP contribution >= 0.6 is 11.3 Å². The summed E-state index contributed by atoms with van der Waals surface area (Å²) in [5, 5.41) is 14.4. The number of carboxylic acids is 1. The number of benzene rings is 2. The first-order chi connectivity index (χ1) is 17.6. The molecule has 0 spiro atoms. The highest BCUT2D eigenvalue weighted by Crippen LogP contribution is 2.32. The van der Waals surface area contributed by atoms with Crippen LogP contribution in [0.25, 0.3) is 21.8 Å². The topological polar surface area (TPSA) is 94.7 Å². The van der Waals surface area contributed by atoms with E-state index >= 15 is 0 Å². The molecule has 0 bridgehead atoms. The Balaban J connectivity index is 1.39. The lowest BCUT2D eigenvalue weighted by Crippen LogP contribution is -2.26. The molecule has 1 N–H and O–H groups in total. The highest BCUT2D eigenvalue weighted by atomic mass is 32.1. The molecule has 1 atom stereocenters. The molecule has 7 nitrogen and oxygen atoms in total. The maximum Gasteiger partial charge on any atom is 0.333 e. The zero-order chi connectivity index (χ0) is 26.6. The van der Waals surface area contributed by atoms with Crippen LogP contribution in [0.5, 0.6) is 5.75 Å². The summed E-state index contributed by atoms with van der Waals surface area (Å²) in [6.45, 7) is 10.8. The third-order valence-electron chi connectivity index (χ3n) is 5.93. The molecule has 4 rings (SSSR count). The lowest BCUT2D eigenvalue weighted by Gasteiger charge is -2.12. The number of carbonyl (C=O) groups is 1. The lowest BCUT2D eigenvalue weighted by molar-refractivity contribution is -0.149. The minimum Gasteiger partial charge on any atom is -0.488 e. The van der Waals surface area contributed by atoms with Crippen LogP contribution in [-0.2, 0) is 28.0 Å². The zero-order valence-corrected chi connectivity index (χ0v) is 22.6. The van der Waals surface area contributed by atoms with E-state index in [2.05, 4.69) is 38.1 Å². The van der Waals surface area contributed by atoms with Crippen LogP contribution in [0.3, 0.4) is 0 Å². The van der Waals surface area contributed by atoms with Crippen LogP contribution in [-0.4, -0.2) is 33.9 Å². The standard InChI is InChI=1S/C29H32N2O5S/c1-6-34-24(28(32)33)15-19-7-13-22(14-8-19)35-17-25-18(2)30-27(37-25)21-11-9-20(10-12-21)23-16-26(36-31-23)29(3,4)5/h7-14,16,24H,6,15,17H2,1-5H3,(H,32,33). The second-order valence-electron chi connectivity index (χ2n) is 9.85. The normalized spacial score (nSPS) is 12.5. The second kappa shape index (κ2) is 11.3. The van der Waals surface area contributed by atoms with Gasteiger partial charge in [0.15, 0.2) is 6.10 Å². The minimum absolute atomic E-state index is 0.0862. The molecule has 0 saturated heterocycles. The molecule has 0 aliphatic carbocycles. The predicted molar refractivity (Wildman–Crippen MR) is 144 cm³/mol. The van der Waals surface area contributed by atoms with Crippen molar-refractivity contribution in [3.63, 3.8) is 0 Å². The van der Waals surface area contributed by atoms with Crippen molar-refractivity contribution in [3.05, 3.63) is 76.5 Å². The van der Waals surface area contributed by atoms with Crippen LogP contribution in [0.4, 0.5) is 0 Å². The number of aliphatic carboxylic acids is 1. The number of aryl methyl sites for hydroxylation is 1. The van der Waals surface area contributed by atoms with Crippen LogP contribution in [0, 0.1) is 6.92 Å². The van der Waals surface area contributed by atoms with Crippen LogP contribution in [0.15, 0.2) is 59.1 Å². The molecule has 8 heteroatoms. The van der Waals surface area contributed by atoms with Crippen molar-refractivity contribution in [3.8, 4) is 27.6 Å². The number of aromatic nitrogens is 2. The first-order valence-corrected chi connectivity index (χ1v) is 13.1. The third kappa shape index (κ3) is 6.64. The Labute approximate surface area is 221 Å². The highest BCUT2D eigenvalue weighted by Gasteiger charge is 2.20. The van der Waals surface area contributed by atoms with E-state index in [-0.39, 0.29) is 5.41 Å². The van der Waals surface area contributed by atoms with E-state index in [1.807, 2.05) is 49.4 Å². The van der Waals surface area contributed by atoms with Crippen molar-refractivity contribution in [2.45, 2.75) is 59.2 Å². The Morgan fingerprint density at radius 3 is 2.35 bits per heavy atom. The van der Waals surface area contributed by atoms with E-state index in [1.165, 1.54) is 0 Å². The number of thiazole rings is 1. The average Bonchev–Trinajstić information content (AvgIpc) is 3.51. The molecule has 0 saturated carbocycles. The fourth-order valence-corrected chi connectivity index (χ4v) is 4.72. The van der Waals surface area contributed by atoms with Crippen molar-refractivity contribution < 1.29 is 23.9 Å². The zero-order valence-electron chi connectivity index (χ0n) is 21.8. The predicted octanol–water partition coefficient (Wildman–Crippen LogP) is 6.68. The van der Waals surface area contributed by atoms with E-state index in [1.54, 1.807) is 18.3 Å². The minimum atomic E-state index is -0.957. The number of ether oxygens (including phenoxy) is 2. The van der Waals surface area contributed by atoms with Crippen LogP contribution in [0.1, 0.15) is 49.6 Å². The van der Waals surface area contributed by atoms with Gasteiger partial charge in [-0.25, -0.2) is 9.78 Å². The molecule has 1 unspecified atom stereocenters. The fourth-order valence-electron chi connectivity index (χ4n) is 3.74. The Hall–Kier alpha value is -3.49. The number of carboxylic acid groups (broad SMARTS) is 1. The highest BCUT2D eigenvalue weighted by molar-refractivity contribution is 7.15. The fraction of sp³-hybridized carbons (Fsp3) is 0.345. The van der Waals surface area contributed by atoms with Gasteiger partial charge in [0.25, 0.3) is 0 Å². The summed E-state index contributed by atoms with van der Waals surface area (Å²) in [5.74, 6) is 0.616. The second-order valence-corrected chi connectivity index (χ2v) is 10.9. The first kappa shape index (κ1) is 26.6. The van der Waals surface area contributed by atoms with Gasteiger partial charge in [-0.05, 0) is 31.5 Å². The van der Waals surface area contributed by atoms with Crippen molar-refractivity contribution in [2.24, 2.45) is 0 Å². The van der Waals surface area contributed by atoms with Crippen molar-refractivity contribution in [1.29, 1.82) is 0 Å². The Kier molecular flexibility index (Phi) is 8.10. The van der Waals surface area contributed by atoms with Crippen molar-refractivity contribution in [1.82, 2.24) is 10.1 Å². The largest absolute Gasteiger partial charge is 0.488 e. The number of hydrogen-bond acceptors (Lipinski definition) is 7. The molecule has 0 fully saturated rings. The smallest absolute Gasteiger partial charge is 0.333 e. The van der Waals surface area contributed by atoms with Crippen LogP contribution < -0.4 is 4.74 Å². The summed E-state index contributed by atoms with van der Waals surface area (Å²) in [5.41, 5.74) is 4.59. The molecular weight excluding hydrogens is 488 g/mol. The van der Waals surface area contributed by atoms with Gasteiger partial charge in [-0.1, -0.05) is 62.3 Å².